The number of amides is 1. The lowest BCUT2D eigenvalue weighted by Crippen LogP contribution is -2.48. The van der Waals surface area contributed by atoms with Gasteiger partial charge in [0.1, 0.15) is 0 Å². The highest BCUT2D eigenvalue weighted by atomic mass is 32.2. The van der Waals surface area contributed by atoms with Crippen LogP contribution >= 0.6 is 11.8 Å². The zero-order valence-electron chi connectivity index (χ0n) is 13.9. The maximum atomic E-state index is 12.7. The van der Waals surface area contributed by atoms with Gasteiger partial charge in [-0.3, -0.25) is 9.59 Å². The standard InChI is InChI=1S/C19H23NO3S/c1-23-19(22)12-15-8-6-5-7-14-11-17(13-18(21)20(14)15)24-16-9-3-2-4-10-16/h2-4,9-10,13-15H,5-8,11-12H2,1H3/t14-,15-/m1/s1. The van der Waals surface area contributed by atoms with E-state index in [0.29, 0.717) is 6.42 Å². The van der Waals surface area contributed by atoms with E-state index >= 15 is 0 Å². The van der Waals surface area contributed by atoms with Crippen LogP contribution in [0.15, 0.2) is 46.2 Å². The van der Waals surface area contributed by atoms with Crippen LogP contribution in [0.25, 0.3) is 0 Å². The molecule has 0 radical (unpaired) electrons. The van der Waals surface area contributed by atoms with Gasteiger partial charge in [0.05, 0.1) is 13.5 Å². The number of methoxy groups -OCH3 is 1. The van der Waals surface area contributed by atoms with Gasteiger partial charge in [0, 0.05) is 23.1 Å². The molecule has 2 heterocycles. The first-order valence-corrected chi connectivity index (χ1v) is 9.31. The summed E-state index contributed by atoms with van der Waals surface area (Å²) in [6, 6.07) is 10.3. The quantitative estimate of drug-likeness (QED) is 0.780. The number of rotatable bonds is 4. The van der Waals surface area contributed by atoms with Gasteiger partial charge in [-0.2, -0.15) is 0 Å². The molecule has 0 aromatic heterocycles. The fraction of sp³-hybridized carbons (Fsp3) is 0.474. The summed E-state index contributed by atoms with van der Waals surface area (Å²) >= 11 is 1.67. The number of hydrogen-bond donors (Lipinski definition) is 0. The smallest absolute Gasteiger partial charge is 0.307 e. The van der Waals surface area contributed by atoms with E-state index in [9.17, 15) is 9.59 Å². The van der Waals surface area contributed by atoms with Crippen molar-refractivity contribution in [2.75, 3.05) is 7.11 Å². The number of benzene rings is 1. The van der Waals surface area contributed by atoms with Crippen molar-refractivity contribution in [3.63, 3.8) is 0 Å². The van der Waals surface area contributed by atoms with Crippen molar-refractivity contribution in [1.82, 2.24) is 4.90 Å². The van der Waals surface area contributed by atoms with Crippen molar-refractivity contribution >= 4 is 23.6 Å². The molecule has 0 aliphatic carbocycles. The minimum Gasteiger partial charge on any atom is -0.469 e. The average Bonchev–Trinajstić information content (AvgIpc) is 2.78. The first kappa shape index (κ1) is 17.1. The normalized spacial score (nSPS) is 24.0. The summed E-state index contributed by atoms with van der Waals surface area (Å²) in [5, 5.41) is 0. The molecule has 0 unspecified atom stereocenters. The van der Waals surface area contributed by atoms with Crippen LogP contribution in [0, 0.1) is 0 Å². The Hall–Kier alpha value is -1.75. The summed E-state index contributed by atoms with van der Waals surface area (Å²) in [4.78, 5) is 28.7. The summed E-state index contributed by atoms with van der Waals surface area (Å²) in [5.74, 6) is -0.192. The Morgan fingerprint density at radius 3 is 2.75 bits per heavy atom. The number of fused-ring (bicyclic) bond motifs is 1. The summed E-state index contributed by atoms with van der Waals surface area (Å²) in [7, 11) is 1.41. The van der Waals surface area contributed by atoms with E-state index in [4.69, 9.17) is 4.74 Å². The molecule has 1 aromatic rings. The van der Waals surface area contributed by atoms with Crippen LogP contribution in [0.2, 0.25) is 0 Å². The van der Waals surface area contributed by atoms with E-state index in [-0.39, 0.29) is 24.0 Å². The van der Waals surface area contributed by atoms with Crippen LogP contribution in [0.3, 0.4) is 0 Å². The summed E-state index contributed by atoms with van der Waals surface area (Å²) in [6.45, 7) is 0. The highest BCUT2D eigenvalue weighted by Crippen LogP contribution is 2.37. The molecule has 1 fully saturated rings. The van der Waals surface area contributed by atoms with Crippen LogP contribution in [0.1, 0.15) is 38.5 Å². The molecule has 24 heavy (non-hydrogen) atoms. The van der Waals surface area contributed by atoms with E-state index < -0.39 is 0 Å². The lowest BCUT2D eigenvalue weighted by Gasteiger charge is -2.38. The van der Waals surface area contributed by atoms with Gasteiger partial charge < -0.3 is 9.64 Å². The molecule has 5 heteroatoms. The van der Waals surface area contributed by atoms with Crippen molar-refractivity contribution in [2.45, 2.75) is 55.5 Å². The van der Waals surface area contributed by atoms with Gasteiger partial charge in [0.15, 0.2) is 0 Å². The van der Waals surface area contributed by atoms with E-state index in [2.05, 4.69) is 12.1 Å². The molecule has 2 aliphatic rings. The predicted molar refractivity (Wildman–Crippen MR) is 94.5 cm³/mol. The molecular formula is C19H23NO3S. The summed E-state index contributed by atoms with van der Waals surface area (Å²) in [6.07, 6.45) is 6.99. The van der Waals surface area contributed by atoms with E-state index in [1.54, 1.807) is 17.8 Å². The molecule has 1 amide bonds. The first-order chi connectivity index (χ1) is 11.7. The molecule has 0 bridgehead atoms. The van der Waals surface area contributed by atoms with Gasteiger partial charge in [-0.1, -0.05) is 42.8 Å². The third kappa shape index (κ3) is 4.01. The number of carbonyl (C=O) groups is 2. The summed E-state index contributed by atoms with van der Waals surface area (Å²) < 4.78 is 4.81. The van der Waals surface area contributed by atoms with Crippen molar-refractivity contribution in [2.24, 2.45) is 0 Å². The molecule has 1 aromatic carbocycles. The van der Waals surface area contributed by atoms with E-state index in [1.807, 2.05) is 23.1 Å². The van der Waals surface area contributed by atoms with E-state index in [1.165, 1.54) is 7.11 Å². The lowest BCUT2D eigenvalue weighted by molar-refractivity contribution is -0.143. The Kier molecular flexibility index (Phi) is 5.61. The highest BCUT2D eigenvalue weighted by molar-refractivity contribution is 8.03. The topological polar surface area (TPSA) is 46.6 Å². The Balaban J connectivity index is 1.77. The Labute approximate surface area is 147 Å². The fourth-order valence-corrected chi connectivity index (χ4v) is 4.62. The molecule has 2 atom stereocenters. The number of nitrogens with zero attached hydrogens (tertiary/aromatic N) is 1. The maximum Gasteiger partial charge on any atom is 0.307 e. The van der Waals surface area contributed by atoms with Crippen molar-refractivity contribution in [3.05, 3.63) is 41.3 Å². The van der Waals surface area contributed by atoms with Crippen LogP contribution < -0.4 is 0 Å². The molecule has 0 saturated carbocycles. The second-order valence-electron chi connectivity index (χ2n) is 6.35. The third-order valence-corrected chi connectivity index (χ3v) is 5.76. The molecule has 3 rings (SSSR count). The highest BCUT2D eigenvalue weighted by Gasteiger charge is 2.36. The van der Waals surface area contributed by atoms with Gasteiger partial charge in [-0.05, 0) is 36.3 Å². The average molecular weight is 345 g/mol. The van der Waals surface area contributed by atoms with E-state index in [0.717, 1.165) is 41.9 Å². The SMILES string of the molecule is COC(=O)C[C@H]1CCCC[C@@H]2CC(Sc3ccccc3)=CC(=O)N12. The largest absolute Gasteiger partial charge is 0.469 e. The van der Waals surface area contributed by atoms with Gasteiger partial charge >= 0.3 is 5.97 Å². The predicted octanol–water partition coefficient (Wildman–Crippen LogP) is 3.77. The number of thioether (sulfide) groups is 1. The number of carbonyl (C=O) groups excluding carboxylic acids is 2. The van der Waals surface area contributed by atoms with Crippen LogP contribution in [-0.4, -0.2) is 36.0 Å². The summed E-state index contributed by atoms with van der Waals surface area (Å²) in [5.41, 5.74) is 0. The Bertz CT molecular complexity index is 629. The van der Waals surface area contributed by atoms with Crippen LogP contribution in [-0.2, 0) is 14.3 Å². The Morgan fingerprint density at radius 2 is 2.00 bits per heavy atom. The van der Waals surface area contributed by atoms with Crippen molar-refractivity contribution in [1.29, 1.82) is 0 Å². The Morgan fingerprint density at radius 1 is 1.25 bits per heavy atom. The minimum atomic E-state index is -0.234. The zero-order chi connectivity index (χ0) is 16.9. The van der Waals surface area contributed by atoms with Gasteiger partial charge in [-0.15, -0.1) is 0 Å². The molecule has 1 saturated heterocycles. The number of esters is 1. The monoisotopic (exact) mass is 345 g/mol. The maximum absolute atomic E-state index is 12.7. The van der Waals surface area contributed by atoms with Crippen molar-refractivity contribution in [3.8, 4) is 0 Å². The second kappa shape index (κ2) is 7.88. The fourth-order valence-electron chi connectivity index (χ4n) is 3.59. The molecule has 0 spiro atoms. The molecule has 0 N–H and O–H groups in total. The van der Waals surface area contributed by atoms with Crippen LogP contribution in [0.4, 0.5) is 0 Å². The molecule has 2 aliphatic heterocycles. The minimum absolute atomic E-state index is 0.0306. The third-order valence-electron chi connectivity index (χ3n) is 4.71. The lowest BCUT2D eigenvalue weighted by atomic mass is 10.0. The number of ether oxygens (including phenoxy) is 1. The molecule has 4 nitrogen and oxygen atoms in total. The van der Waals surface area contributed by atoms with Gasteiger partial charge in [0.2, 0.25) is 5.91 Å². The molecule has 128 valence electrons. The van der Waals surface area contributed by atoms with Crippen molar-refractivity contribution < 1.29 is 14.3 Å². The number of hydrogen-bond acceptors (Lipinski definition) is 4. The van der Waals surface area contributed by atoms with Crippen LogP contribution in [0.5, 0.6) is 0 Å². The second-order valence-corrected chi connectivity index (χ2v) is 7.55. The molecular weight excluding hydrogens is 322 g/mol. The zero-order valence-corrected chi connectivity index (χ0v) is 14.8. The first-order valence-electron chi connectivity index (χ1n) is 8.50. The van der Waals surface area contributed by atoms with Gasteiger partial charge in [0.25, 0.3) is 0 Å². The van der Waals surface area contributed by atoms with Gasteiger partial charge in [-0.25, -0.2) is 0 Å².